The molecule has 2 aromatic rings. The van der Waals surface area contributed by atoms with E-state index in [1.165, 1.54) is 20.1 Å². The van der Waals surface area contributed by atoms with Gasteiger partial charge in [-0.1, -0.05) is 12.1 Å². The van der Waals surface area contributed by atoms with Crippen molar-refractivity contribution in [2.45, 2.75) is 13.0 Å². The first-order valence-electron chi connectivity index (χ1n) is 8.24. The third-order valence-corrected chi connectivity index (χ3v) is 3.70. The quantitative estimate of drug-likeness (QED) is 0.472. The summed E-state index contributed by atoms with van der Waals surface area (Å²) in [6.45, 7) is 1.40. The molecular weight excluding hydrogens is 358 g/mol. The maximum atomic E-state index is 12.2. The maximum Gasteiger partial charge on any atom is 0.349 e. The minimum Gasteiger partial charge on any atom is -0.497 e. The zero-order valence-corrected chi connectivity index (χ0v) is 15.3. The van der Waals surface area contributed by atoms with E-state index in [1.54, 1.807) is 54.6 Å². The van der Waals surface area contributed by atoms with Crippen molar-refractivity contribution in [1.29, 1.82) is 10.5 Å². The number of nitriles is 2. The standard InChI is InChI=1S/C21H17N3O4/c1-14(20(25)24-18-7-3-16(12-22)4-8-18)28-21(26)17(13-23)11-15-5-9-19(27-2)10-6-15/h3-11,14H,1-2H3,(H,24,25)/b17-11+/t14-/m0/s1. The van der Waals surface area contributed by atoms with Gasteiger partial charge in [0.25, 0.3) is 5.91 Å². The largest absolute Gasteiger partial charge is 0.497 e. The molecule has 0 aromatic heterocycles. The van der Waals surface area contributed by atoms with Crippen LogP contribution in [0.25, 0.3) is 6.08 Å². The van der Waals surface area contributed by atoms with Crippen molar-refractivity contribution in [3.8, 4) is 17.9 Å². The molecule has 0 radical (unpaired) electrons. The number of nitrogens with one attached hydrogen (secondary N) is 1. The number of nitrogens with zero attached hydrogens (tertiary/aromatic N) is 2. The van der Waals surface area contributed by atoms with Crippen LogP contribution in [0.4, 0.5) is 5.69 Å². The summed E-state index contributed by atoms with van der Waals surface area (Å²) in [5.74, 6) is -0.813. The molecule has 0 saturated heterocycles. The Kier molecular flexibility index (Phi) is 6.90. The van der Waals surface area contributed by atoms with E-state index in [-0.39, 0.29) is 5.57 Å². The second-order valence-corrected chi connectivity index (χ2v) is 5.67. The summed E-state index contributed by atoms with van der Waals surface area (Å²) in [6, 6.07) is 16.7. The van der Waals surface area contributed by atoms with Crippen LogP contribution in [0.5, 0.6) is 5.75 Å². The average molecular weight is 375 g/mol. The summed E-state index contributed by atoms with van der Waals surface area (Å²) < 4.78 is 10.1. The molecule has 7 heteroatoms. The van der Waals surface area contributed by atoms with Crippen molar-refractivity contribution in [1.82, 2.24) is 0 Å². The van der Waals surface area contributed by atoms with Gasteiger partial charge < -0.3 is 14.8 Å². The number of hydrogen-bond acceptors (Lipinski definition) is 6. The number of amides is 1. The number of anilines is 1. The highest BCUT2D eigenvalue weighted by Gasteiger charge is 2.20. The first kappa shape index (κ1) is 20.2. The number of rotatable bonds is 6. The van der Waals surface area contributed by atoms with E-state index in [0.717, 1.165) is 0 Å². The van der Waals surface area contributed by atoms with Crippen molar-refractivity contribution < 1.29 is 19.1 Å². The lowest BCUT2D eigenvalue weighted by Crippen LogP contribution is -2.30. The van der Waals surface area contributed by atoms with Gasteiger partial charge in [-0.3, -0.25) is 4.79 Å². The van der Waals surface area contributed by atoms with Crippen molar-refractivity contribution in [2.75, 3.05) is 12.4 Å². The van der Waals surface area contributed by atoms with E-state index >= 15 is 0 Å². The molecule has 0 unspecified atom stereocenters. The predicted molar refractivity (Wildman–Crippen MR) is 102 cm³/mol. The Hall–Kier alpha value is -4.10. The van der Waals surface area contributed by atoms with Gasteiger partial charge >= 0.3 is 5.97 Å². The number of esters is 1. The van der Waals surface area contributed by atoms with Gasteiger partial charge in [-0.2, -0.15) is 10.5 Å². The Balaban J connectivity index is 2.01. The van der Waals surface area contributed by atoms with Gasteiger partial charge in [-0.05, 0) is 55.0 Å². The summed E-state index contributed by atoms with van der Waals surface area (Å²) in [7, 11) is 1.53. The van der Waals surface area contributed by atoms with Crippen LogP contribution >= 0.6 is 0 Å². The summed E-state index contributed by atoms with van der Waals surface area (Å²) in [5, 5.41) is 20.6. The lowest BCUT2D eigenvalue weighted by Gasteiger charge is -2.13. The fraction of sp³-hybridized carbons (Fsp3) is 0.143. The lowest BCUT2D eigenvalue weighted by molar-refractivity contribution is -0.148. The van der Waals surface area contributed by atoms with Gasteiger partial charge in [0.1, 0.15) is 17.4 Å². The summed E-state index contributed by atoms with van der Waals surface area (Å²) in [4.78, 5) is 24.4. The fourth-order valence-corrected chi connectivity index (χ4v) is 2.15. The molecule has 0 aliphatic heterocycles. The van der Waals surface area contributed by atoms with E-state index in [9.17, 15) is 14.9 Å². The average Bonchev–Trinajstić information content (AvgIpc) is 2.72. The molecule has 0 aliphatic carbocycles. The molecule has 1 amide bonds. The van der Waals surface area contributed by atoms with E-state index in [4.69, 9.17) is 14.7 Å². The molecule has 1 atom stereocenters. The molecule has 0 aliphatic rings. The third-order valence-electron chi connectivity index (χ3n) is 3.70. The Morgan fingerprint density at radius 3 is 2.25 bits per heavy atom. The van der Waals surface area contributed by atoms with Gasteiger partial charge in [-0.15, -0.1) is 0 Å². The molecule has 2 aromatic carbocycles. The van der Waals surface area contributed by atoms with Gasteiger partial charge in [0.2, 0.25) is 0 Å². The van der Waals surface area contributed by atoms with Crippen LogP contribution in [0.1, 0.15) is 18.1 Å². The lowest BCUT2D eigenvalue weighted by atomic mass is 10.1. The molecule has 28 heavy (non-hydrogen) atoms. The van der Waals surface area contributed by atoms with Crippen molar-refractivity contribution in [3.05, 3.63) is 65.2 Å². The molecule has 140 valence electrons. The molecule has 0 saturated carbocycles. The molecule has 7 nitrogen and oxygen atoms in total. The van der Waals surface area contributed by atoms with Crippen LogP contribution in [0.15, 0.2) is 54.1 Å². The normalized spacial score (nSPS) is 11.5. The molecule has 0 fully saturated rings. The summed E-state index contributed by atoms with van der Waals surface area (Å²) in [6.07, 6.45) is 0.253. The van der Waals surface area contributed by atoms with Gasteiger partial charge in [0.05, 0.1) is 18.7 Å². The van der Waals surface area contributed by atoms with Crippen LogP contribution < -0.4 is 10.1 Å². The summed E-state index contributed by atoms with van der Waals surface area (Å²) >= 11 is 0. The Bertz CT molecular complexity index is 965. The van der Waals surface area contributed by atoms with E-state index in [2.05, 4.69) is 5.32 Å². The molecule has 0 heterocycles. The number of ether oxygens (including phenoxy) is 2. The van der Waals surface area contributed by atoms with Crippen LogP contribution in [-0.2, 0) is 14.3 Å². The monoisotopic (exact) mass is 375 g/mol. The highest BCUT2D eigenvalue weighted by molar-refractivity contribution is 6.01. The van der Waals surface area contributed by atoms with Crippen LogP contribution in [0.3, 0.4) is 0 Å². The molecule has 0 bridgehead atoms. The smallest absolute Gasteiger partial charge is 0.349 e. The van der Waals surface area contributed by atoms with Gasteiger partial charge in [0, 0.05) is 5.69 Å². The van der Waals surface area contributed by atoms with Gasteiger partial charge in [-0.25, -0.2) is 4.79 Å². The summed E-state index contributed by atoms with van der Waals surface area (Å²) in [5.41, 5.74) is 1.30. The first-order chi connectivity index (χ1) is 13.5. The third kappa shape index (κ3) is 5.45. The van der Waals surface area contributed by atoms with Crippen molar-refractivity contribution >= 4 is 23.6 Å². The highest BCUT2D eigenvalue weighted by Crippen LogP contribution is 2.15. The molecule has 2 rings (SSSR count). The number of methoxy groups -OCH3 is 1. The van der Waals surface area contributed by atoms with Crippen LogP contribution in [0, 0.1) is 22.7 Å². The Morgan fingerprint density at radius 2 is 1.71 bits per heavy atom. The SMILES string of the molecule is COc1ccc(/C=C(\C#N)C(=O)O[C@@H](C)C(=O)Nc2ccc(C#N)cc2)cc1. The van der Waals surface area contributed by atoms with Gasteiger partial charge in [0.15, 0.2) is 6.10 Å². The van der Waals surface area contributed by atoms with Crippen molar-refractivity contribution in [2.24, 2.45) is 0 Å². The van der Waals surface area contributed by atoms with E-state index in [0.29, 0.717) is 22.6 Å². The maximum absolute atomic E-state index is 12.2. The second-order valence-electron chi connectivity index (χ2n) is 5.67. The zero-order valence-electron chi connectivity index (χ0n) is 15.3. The fourth-order valence-electron chi connectivity index (χ4n) is 2.15. The zero-order chi connectivity index (χ0) is 20.5. The molecule has 1 N–H and O–H groups in total. The minimum atomic E-state index is -1.12. The number of carbonyl (C=O) groups excluding carboxylic acids is 2. The van der Waals surface area contributed by atoms with Crippen LogP contribution in [-0.4, -0.2) is 25.1 Å². The van der Waals surface area contributed by atoms with Crippen LogP contribution in [0.2, 0.25) is 0 Å². The number of hydrogen-bond donors (Lipinski definition) is 1. The number of benzene rings is 2. The first-order valence-corrected chi connectivity index (χ1v) is 8.24. The molecule has 0 spiro atoms. The minimum absolute atomic E-state index is 0.233. The highest BCUT2D eigenvalue weighted by atomic mass is 16.5. The Labute approximate surface area is 162 Å². The van der Waals surface area contributed by atoms with E-state index in [1.807, 2.05) is 6.07 Å². The van der Waals surface area contributed by atoms with Crippen molar-refractivity contribution in [3.63, 3.8) is 0 Å². The topological polar surface area (TPSA) is 112 Å². The van der Waals surface area contributed by atoms with E-state index < -0.39 is 18.0 Å². The number of carbonyl (C=O) groups is 2. The Morgan fingerprint density at radius 1 is 1.07 bits per heavy atom. The predicted octanol–water partition coefficient (Wildman–Crippen LogP) is 3.04. The molecular formula is C21H17N3O4. The second kappa shape index (κ2) is 9.56.